The number of nitrogens with zero attached hydrogens (tertiary/aromatic N) is 3. The monoisotopic (exact) mass is 449 g/mol. The van der Waals surface area contributed by atoms with Gasteiger partial charge in [0.2, 0.25) is 0 Å². The normalized spacial score (nSPS) is 15.8. The van der Waals surface area contributed by atoms with Crippen molar-refractivity contribution in [2.45, 2.75) is 19.9 Å². The van der Waals surface area contributed by atoms with Crippen LogP contribution < -0.4 is 14.9 Å². The number of hydrogen-bond donors (Lipinski definition) is 0. The molecule has 162 valence electrons. The average molecular weight is 449 g/mol. The van der Waals surface area contributed by atoms with E-state index in [2.05, 4.69) is 4.99 Å². The SMILES string of the molecule is CCOC(=O)C1=C(C)N=c2s/c(=C/c3ccc([N+](=O)[O-])cc3)c(=O)n2C1c1ccccc1. The van der Waals surface area contributed by atoms with Crippen molar-refractivity contribution in [3.8, 4) is 0 Å². The molecule has 2 heterocycles. The van der Waals surface area contributed by atoms with Gasteiger partial charge in [0.05, 0.1) is 33.4 Å². The molecule has 0 fully saturated rings. The molecule has 0 bridgehead atoms. The van der Waals surface area contributed by atoms with Gasteiger partial charge in [0, 0.05) is 12.1 Å². The number of esters is 1. The fourth-order valence-electron chi connectivity index (χ4n) is 3.59. The van der Waals surface area contributed by atoms with Gasteiger partial charge in [0.1, 0.15) is 0 Å². The topological polar surface area (TPSA) is 104 Å². The van der Waals surface area contributed by atoms with Gasteiger partial charge >= 0.3 is 5.97 Å². The first-order chi connectivity index (χ1) is 15.4. The summed E-state index contributed by atoms with van der Waals surface area (Å²) in [5.74, 6) is -0.507. The van der Waals surface area contributed by atoms with Crippen LogP contribution in [0.5, 0.6) is 0 Å². The molecule has 0 spiro atoms. The van der Waals surface area contributed by atoms with Crippen LogP contribution in [0.25, 0.3) is 6.08 Å². The molecule has 1 aliphatic rings. The fourth-order valence-corrected chi connectivity index (χ4v) is 4.63. The molecule has 2 aromatic carbocycles. The maximum Gasteiger partial charge on any atom is 0.338 e. The first-order valence-electron chi connectivity index (χ1n) is 9.89. The van der Waals surface area contributed by atoms with E-state index in [4.69, 9.17) is 4.74 Å². The lowest BCUT2D eigenvalue weighted by Gasteiger charge is -2.24. The minimum Gasteiger partial charge on any atom is -0.463 e. The Morgan fingerprint density at radius 2 is 1.91 bits per heavy atom. The van der Waals surface area contributed by atoms with Crippen molar-refractivity contribution < 1.29 is 14.5 Å². The molecule has 0 N–H and O–H groups in total. The Labute approximate surface area is 186 Å². The number of benzene rings is 2. The lowest BCUT2D eigenvalue weighted by Crippen LogP contribution is -2.39. The third-order valence-electron chi connectivity index (χ3n) is 5.03. The molecule has 1 unspecified atom stereocenters. The third-order valence-corrected chi connectivity index (χ3v) is 6.02. The van der Waals surface area contributed by atoms with Gasteiger partial charge < -0.3 is 4.74 Å². The maximum absolute atomic E-state index is 13.4. The second-order valence-corrected chi connectivity index (χ2v) is 8.07. The van der Waals surface area contributed by atoms with Crippen molar-refractivity contribution in [3.05, 3.63) is 107 Å². The van der Waals surface area contributed by atoms with Crippen LogP contribution >= 0.6 is 11.3 Å². The molecule has 4 rings (SSSR count). The zero-order chi connectivity index (χ0) is 22.8. The number of rotatable bonds is 5. The highest BCUT2D eigenvalue weighted by Gasteiger charge is 2.33. The molecule has 3 aromatic rings. The summed E-state index contributed by atoms with van der Waals surface area (Å²) in [4.78, 5) is 41.6. The number of fused-ring (bicyclic) bond motifs is 1. The molecule has 1 aromatic heterocycles. The second-order valence-electron chi connectivity index (χ2n) is 7.06. The molecule has 0 amide bonds. The smallest absolute Gasteiger partial charge is 0.338 e. The van der Waals surface area contributed by atoms with E-state index in [-0.39, 0.29) is 17.9 Å². The minimum absolute atomic E-state index is 0.0256. The third kappa shape index (κ3) is 3.90. The molecular weight excluding hydrogens is 430 g/mol. The summed E-state index contributed by atoms with van der Waals surface area (Å²) >= 11 is 1.20. The van der Waals surface area contributed by atoms with E-state index in [1.807, 2.05) is 30.3 Å². The van der Waals surface area contributed by atoms with Gasteiger partial charge in [-0.1, -0.05) is 41.7 Å². The number of thiazole rings is 1. The first kappa shape index (κ1) is 21.4. The molecule has 1 aliphatic heterocycles. The van der Waals surface area contributed by atoms with Crippen LogP contribution in [0.4, 0.5) is 5.69 Å². The van der Waals surface area contributed by atoms with Crippen molar-refractivity contribution in [2.24, 2.45) is 4.99 Å². The number of allylic oxidation sites excluding steroid dienone is 1. The molecule has 0 saturated carbocycles. The van der Waals surface area contributed by atoms with Crippen LogP contribution in [0.2, 0.25) is 0 Å². The maximum atomic E-state index is 13.4. The van der Waals surface area contributed by atoms with E-state index < -0.39 is 16.9 Å². The molecule has 9 heteroatoms. The van der Waals surface area contributed by atoms with Crippen LogP contribution in [-0.2, 0) is 9.53 Å². The van der Waals surface area contributed by atoms with Gasteiger partial charge in [-0.15, -0.1) is 0 Å². The Bertz CT molecular complexity index is 1400. The summed E-state index contributed by atoms with van der Waals surface area (Å²) in [6.07, 6.45) is 1.67. The highest BCUT2D eigenvalue weighted by Crippen LogP contribution is 2.30. The van der Waals surface area contributed by atoms with Crippen molar-refractivity contribution >= 4 is 29.1 Å². The van der Waals surface area contributed by atoms with Gasteiger partial charge in [0.25, 0.3) is 11.2 Å². The van der Waals surface area contributed by atoms with Gasteiger partial charge in [-0.3, -0.25) is 19.5 Å². The standard InChI is InChI=1S/C23H19N3O5S/c1-3-31-22(28)19-14(2)24-23-25(20(19)16-7-5-4-6-8-16)21(27)18(32-23)13-15-9-11-17(12-10-15)26(29)30/h4-13,20H,3H2,1-2H3/b18-13+. The van der Waals surface area contributed by atoms with E-state index in [1.54, 1.807) is 32.1 Å². The number of ether oxygens (including phenoxy) is 1. The van der Waals surface area contributed by atoms with Gasteiger partial charge in [-0.25, -0.2) is 9.79 Å². The molecule has 0 radical (unpaired) electrons. The van der Waals surface area contributed by atoms with E-state index in [0.29, 0.717) is 26.2 Å². The predicted octanol–water partition coefficient (Wildman–Crippen LogP) is 2.71. The first-order valence-corrected chi connectivity index (χ1v) is 10.7. The number of carbonyl (C=O) groups excluding carboxylic acids is 1. The second kappa shape index (κ2) is 8.72. The van der Waals surface area contributed by atoms with Crippen LogP contribution in [-0.4, -0.2) is 22.1 Å². The van der Waals surface area contributed by atoms with Crippen LogP contribution in [0.15, 0.2) is 75.7 Å². The summed E-state index contributed by atoms with van der Waals surface area (Å²) in [5, 5.41) is 10.9. The Balaban J connectivity index is 1.90. The predicted molar refractivity (Wildman–Crippen MR) is 120 cm³/mol. The molecule has 0 saturated heterocycles. The van der Waals surface area contributed by atoms with E-state index in [9.17, 15) is 19.7 Å². The quantitative estimate of drug-likeness (QED) is 0.338. The Hall–Kier alpha value is -3.85. The van der Waals surface area contributed by atoms with E-state index in [1.165, 1.54) is 28.0 Å². The summed E-state index contributed by atoms with van der Waals surface area (Å²) in [7, 11) is 0. The molecule has 1 atom stereocenters. The van der Waals surface area contributed by atoms with Gasteiger partial charge in [0.15, 0.2) is 4.80 Å². The number of non-ortho nitro benzene ring substituents is 1. The number of nitro groups is 1. The van der Waals surface area contributed by atoms with Crippen LogP contribution in [0.1, 0.15) is 31.0 Å². The Kier molecular flexibility index (Phi) is 5.83. The summed E-state index contributed by atoms with van der Waals surface area (Å²) in [6.45, 7) is 3.67. The number of hydrogen-bond acceptors (Lipinski definition) is 7. The van der Waals surface area contributed by atoms with Crippen molar-refractivity contribution in [1.82, 2.24) is 4.57 Å². The largest absolute Gasteiger partial charge is 0.463 e. The van der Waals surface area contributed by atoms with Crippen LogP contribution in [0, 0.1) is 10.1 Å². The van der Waals surface area contributed by atoms with Gasteiger partial charge in [-0.2, -0.15) is 0 Å². The van der Waals surface area contributed by atoms with Crippen LogP contribution in [0.3, 0.4) is 0 Å². The summed E-state index contributed by atoms with van der Waals surface area (Å²) in [6, 6.07) is 14.6. The lowest BCUT2D eigenvalue weighted by atomic mass is 9.96. The summed E-state index contributed by atoms with van der Waals surface area (Å²) in [5.41, 5.74) is 1.93. The zero-order valence-electron chi connectivity index (χ0n) is 17.3. The molecule has 0 aliphatic carbocycles. The number of carbonyl (C=O) groups is 1. The van der Waals surface area contributed by atoms with Crippen molar-refractivity contribution in [2.75, 3.05) is 6.61 Å². The fraction of sp³-hybridized carbons (Fsp3) is 0.174. The van der Waals surface area contributed by atoms with Gasteiger partial charge in [-0.05, 0) is 43.2 Å². The van der Waals surface area contributed by atoms with E-state index in [0.717, 1.165) is 5.56 Å². The Morgan fingerprint density at radius 1 is 1.22 bits per heavy atom. The van der Waals surface area contributed by atoms with Crippen molar-refractivity contribution in [3.63, 3.8) is 0 Å². The highest BCUT2D eigenvalue weighted by atomic mass is 32.1. The molecule has 8 nitrogen and oxygen atoms in total. The molecule has 32 heavy (non-hydrogen) atoms. The Morgan fingerprint density at radius 3 is 2.53 bits per heavy atom. The van der Waals surface area contributed by atoms with Crippen molar-refractivity contribution in [1.29, 1.82) is 0 Å². The minimum atomic E-state index is -0.662. The summed E-state index contributed by atoms with van der Waals surface area (Å²) < 4.78 is 7.18. The molecular formula is C23H19N3O5S. The number of aromatic nitrogens is 1. The average Bonchev–Trinajstić information content (AvgIpc) is 3.08. The highest BCUT2D eigenvalue weighted by molar-refractivity contribution is 7.07. The number of nitro benzene ring substituents is 1. The van der Waals surface area contributed by atoms with E-state index >= 15 is 0 Å². The zero-order valence-corrected chi connectivity index (χ0v) is 18.2. The lowest BCUT2D eigenvalue weighted by molar-refractivity contribution is -0.384.